The molecule has 0 aromatic carbocycles. The summed E-state index contributed by atoms with van der Waals surface area (Å²) in [6.07, 6.45) is 6.63. The molecule has 0 aliphatic rings. The molecule has 2 N–H and O–H groups in total. The number of nitrogens with zero attached hydrogens (tertiary/aromatic N) is 2. The molecule has 0 amide bonds. The number of halogens is 1. The minimum absolute atomic E-state index is 0. The molecule has 0 unspecified atom stereocenters. The third kappa shape index (κ3) is 5.54. The number of hydrogen-bond acceptors (Lipinski definition) is 2. The summed E-state index contributed by atoms with van der Waals surface area (Å²) in [4.78, 5) is 0. The van der Waals surface area contributed by atoms with E-state index in [0.29, 0.717) is 0 Å². The van der Waals surface area contributed by atoms with E-state index in [1.54, 1.807) is 0 Å². The van der Waals surface area contributed by atoms with Crippen molar-refractivity contribution in [3.8, 4) is 0 Å². The Labute approximate surface area is 134 Å². The lowest BCUT2D eigenvalue weighted by atomic mass is 9.87. The van der Waals surface area contributed by atoms with Crippen LogP contribution in [0.5, 0.6) is 0 Å². The molecule has 0 saturated carbocycles. The molecule has 0 bridgehead atoms. The Morgan fingerprint density at radius 1 is 1.40 bits per heavy atom. The molecule has 1 aromatic heterocycles. The first-order chi connectivity index (χ1) is 8.90. The van der Waals surface area contributed by atoms with Crippen molar-refractivity contribution >= 4 is 0 Å². The van der Waals surface area contributed by atoms with Gasteiger partial charge in [-0.3, -0.25) is 0 Å². The lowest BCUT2D eigenvalue weighted by Crippen LogP contribution is -3.00. The number of aliphatic hydroxyl groups excluding tert-OH is 1. The van der Waals surface area contributed by atoms with E-state index in [1.165, 1.54) is 18.7 Å². The summed E-state index contributed by atoms with van der Waals surface area (Å²) in [5, 5.41) is 13.0. The lowest BCUT2D eigenvalue weighted by Gasteiger charge is -2.29. The van der Waals surface area contributed by atoms with Crippen molar-refractivity contribution in [2.45, 2.75) is 59.7 Å². The van der Waals surface area contributed by atoms with Crippen molar-refractivity contribution < 1.29 is 26.7 Å². The molecule has 4 nitrogen and oxygen atoms in total. The molecular formula is C15H30BrN3O. The first-order valence-electron chi connectivity index (χ1n) is 7.28. The van der Waals surface area contributed by atoms with E-state index in [0.717, 1.165) is 13.1 Å². The summed E-state index contributed by atoms with van der Waals surface area (Å²) in [6.45, 7) is 10.7. The lowest BCUT2D eigenvalue weighted by molar-refractivity contribution is -0.679. The van der Waals surface area contributed by atoms with E-state index in [1.807, 2.05) is 0 Å². The molecule has 5 heteroatoms. The van der Waals surface area contributed by atoms with E-state index in [-0.39, 0.29) is 35.0 Å². The summed E-state index contributed by atoms with van der Waals surface area (Å²) in [5.41, 5.74) is 0.0637. The highest BCUT2D eigenvalue weighted by molar-refractivity contribution is 4.87. The van der Waals surface area contributed by atoms with Crippen LogP contribution in [-0.2, 0) is 20.1 Å². The summed E-state index contributed by atoms with van der Waals surface area (Å²) in [5.74, 6) is 1.26. The van der Waals surface area contributed by atoms with Gasteiger partial charge < -0.3 is 27.4 Å². The van der Waals surface area contributed by atoms with E-state index >= 15 is 0 Å². The number of hydrogen-bond donors (Lipinski definition) is 2. The fourth-order valence-electron chi connectivity index (χ4n) is 2.17. The SMILES string of the molecule is CCCCn1cc[n+](C)c1CN[C@H](CO)C(C)(C)C.[Br-]. The van der Waals surface area contributed by atoms with Crippen LogP contribution >= 0.6 is 0 Å². The maximum atomic E-state index is 9.49. The number of nitrogens with one attached hydrogen (secondary N) is 1. The average molecular weight is 348 g/mol. The van der Waals surface area contributed by atoms with Crippen LogP contribution in [-0.4, -0.2) is 22.3 Å². The Morgan fingerprint density at radius 3 is 2.55 bits per heavy atom. The van der Waals surface area contributed by atoms with Crippen molar-refractivity contribution in [1.82, 2.24) is 9.88 Å². The van der Waals surface area contributed by atoms with Gasteiger partial charge in [-0.15, -0.1) is 0 Å². The van der Waals surface area contributed by atoms with E-state index in [9.17, 15) is 5.11 Å². The Bertz CT molecular complexity index is 385. The molecule has 0 aliphatic heterocycles. The molecule has 0 spiro atoms. The maximum Gasteiger partial charge on any atom is 0.270 e. The number of imidazole rings is 1. The van der Waals surface area contributed by atoms with E-state index < -0.39 is 0 Å². The van der Waals surface area contributed by atoms with Crippen LogP contribution in [0.1, 0.15) is 46.4 Å². The van der Waals surface area contributed by atoms with Gasteiger partial charge in [0.15, 0.2) is 0 Å². The second-order valence-electron chi connectivity index (χ2n) is 6.35. The molecule has 0 fully saturated rings. The maximum absolute atomic E-state index is 9.49. The van der Waals surface area contributed by atoms with Crippen LogP contribution in [0, 0.1) is 5.41 Å². The molecule has 1 rings (SSSR count). The van der Waals surface area contributed by atoms with Gasteiger partial charge in [-0.2, -0.15) is 0 Å². The second-order valence-corrected chi connectivity index (χ2v) is 6.35. The van der Waals surface area contributed by atoms with Crippen molar-refractivity contribution in [2.75, 3.05) is 6.61 Å². The highest BCUT2D eigenvalue weighted by Gasteiger charge is 2.25. The van der Waals surface area contributed by atoms with Gasteiger partial charge in [-0.25, -0.2) is 9.13 Å². The molecule has 0 saturated heterocycles. The number of aryl methyl sites for hydroxylation is 2. The summed E-state index contributed by atoms with van der Waals surface area (Å²) in [6, 6.07) is 0.113. The van der Waals surface area contributed by atoms with Crippen LogP contribution in [0.15, 0.2) is 12.4 Å². The first kappa shape index (κ1) is 19.6. The van der Waals surface area contributed by atoms with Crippen LogP contribution in [0.3, 0.4) is 0 Å². The third-order valence-corrected chi connectivity index (χ3v) is 3.70. The van der Waals surface area contributed by atoms with Gasteiger partial charge in [0, 0.05) is 6.04 Å². The Hall–Kier alpha value is -0.390. The highest BCUT2D eigenvalue weighted by Crippen LogP contribution is 2.18. The summed E-state index contributed by atoms with van der Waals surface area (Å²) >= 11 is 0. The summed E-state index contributed by atoms with van der Waals surface area (Å²) in [7, 11) is 2.07. The average Bonchev–Trinajstić information content (AvgIpc) is 2.67. The number of rotatable bonds is 7. The Morgan fingerprint density at radius 2 is 2.05 bits per heavy atom. The third-order valence-electron chi connectivity index (χ3n) is 3.70. The predicted octanol–water partition coefficient (Wildman–Crippen LogP) is -1.39. The van der Waals surface area contributed by atoms with Gasteiger partial charge in [-0.05, 0) is 11.8 Å². The van der Waals surface area contributed by atoms with Gasteiger partial charge >= 0.3 is 0 Å². The van der Waals surface area contributed by atoms with Crippen LogP contribution in [0.4, 0.5) is 0 Å². The molecule has 0 aliphatic carbocycles. The van der Waals surface area contributed by atoms with Crippen molar-refractivity contribution in [3.05, 3.63) is 18.2 Å². The van der Waals surface area contributed by atoms with Crippen molar-refractivity contribution in [1.29, 1.82) is 0 Å². The first-order valence-corrected chi connectivity index (χ1v) is 7.28. The van der Waals surface area contributed by atoms with Crippen LogP contribution in [0.25, 0.3) is 0 Å². The van der Waals surface area contributed by atoms with Gasteiger partial charge in [0.1, 0.15) is 12.4 Å². The normalized spacial score (nSPS) is 13.1. The minimum atomic E-state index is 0. The zero-order valence-electron chi connectivity index (χ0n) is 13.5. The monoisotopic (exact) mass is 347 g/mol. The largest absolute Gasteiger partial charge is 1.00 e. The molecule has 1 heterocycles. The fraction of sp³-hybridized carbons (Fsp3) is 0.800. The fourth-order valence-corrected chi connectivity index (χ4v) is 2.17. The minimum Gasteiger partial charge on any atom is -1.00 e. The molecule has 0 radical (unpaired) electrons. The summed E-state index contributed by atoms with van der Waals surface area (Å²) < 4.78 is 4.45. The zero-order valence-corrected chi connectivity index (χ0v) is 15.1. The van der Waals surface area contributed by atoms with E-state index in [4.69, 9.17) is 0 Å². The molecule has 118 valence electrons. The number of unbranched alkanes of at least 4 members (excludes halogenated alkanes) is 1. The standard InChI is InChI=1S/C15H30N3O.BrH/c1-6-7-8-18-10-9-17(5)14(18)11-16-13(12-19)15(2,3)4;/h9-10,13,16,19H,6-8,11-12H2,1-5H3;1H/q+1;/p-1/t13-;/m1./s1. The molecule has 1 atom stereocenters. The van der Waals surface area contributed by atoms with Crippen molar-refractivity contribution in [3.63, 3.8) is 0 Å². The van der Waals surface area contributed by atoms with Gasteiger partial charge in [0.25, 0.3) is 5.82 Å². The van der Waals surface area contributed by atoms with Gasteiger partial charge in [0.05, 0.1) is 26.7 Å². The van der Waals surface area contributed by atoms with E-state index in [2.05, 4.69) is 61.6 Å². The Kier molecular flexibility index (Phi) is 8.63. The zero-order chi connectivity index (χ0) is 14.5. The van der Waals surface area contributed by atoms with Crippen LogP contribution in [0.2, 0.25) is 0 Å². The quantitative estimate of drug-likeness (QED) is 0.596. The highest BCUT2D eigenvalue weighted by atomic mass is 79.9. The number of aromatic nitrogens is 2. The number of aliphatic hydroxyl groups is 1. The predicted molar refractivity (Wildman–Crippen MR) is 77.7 cm³/mol. The van der Waals surface area contributed by atoms with Gasteiger partial charge in [-0.1, -0.05) is 34.1 Å². The van der Waals surface area contributed by atoms with Crippen LogP contribution < -0.4 is 26.9 Å². The molecule has 1 aromatic rings. The Balaban J connectivity index is 0.00000361. The second kappa shape index (κ2) is 8.80. The van der Waals surface area contributed by atoms with Gasteiger partial charge in [0.2, 0.25) is 0 Å². The topological polar surface area (TPSA) is 41.1 Å². The molecular weight excluding hydrogens is 318 g/mol. The van der Waals surface area contributed by atoms with Crippen molar-refractivity contribution in [2.24, 2.45) is 12.5 Å². The molecule has 20 heavy (non-hydrogen) atoms. The smallest absolute Gasteiger partial charge is 0.270 e.